The number of nitrogens with one attached hydrogen (secondary N) is 1. The number of hydrogen-bond donors (Lipinski definition) is 1. The Morgan fingerprint density at radius 1 is 1.44 bits per heavy atom. The van der Waals surface area contributed by atoms with Crippen LogP contribution in [0.5, 0.6) is 5.75 Å². The predicted octanol–water partition coefficient (Wildman–Crippen LogP) is 2.57. The third-order valence-electron chi connectivity index (χ3n) is 1.84. The van der Waals surface area contributed by atoms with E-state index in [0.29, 0.717) is 25.5 Å². The predicted molar refractivity (Wildman–Crippen MR) is 68.0 cm³/mol. The Hall–Kier alpha value is -0.740. The van der Waals surface area contributed by atoms with E-state index in [1.165, 1.54) is 0 Å². The molecule has 0 fully saturated rings. The summed E-state index contributed by atoms with van der Waals surface area (Å²) in [6.07, 6.45) is 0.344. The van der Waals surface area contributed by atoms with Gasteiger partial charge >= 0.3 is 0 Å². The number of ether oxygens (including phenoxy) is 1. The van der Waals surface area contributed by atoms with E-state index in [1.807, 2.05) is 24.3 Å². The average Bonchev–Trinajstić information content (AvgIpc) is 2.27. The van der Waals surface area contributed by atoms with Gasteiger partial charge in [0.2, 0.25) is 5.91 Å². The molecule has 0 aromatic heterocycles. The molecule has 0 aliphatic carbocycles. The van der Waals surface area contributed by atoms with Crippen molar-refractivity contribution in [1.29, 1.82) is 0 Å². The molecule has 0 saturated heterocycles. The summed E-state index contributed by atoms with van der Waals surface area (Å²) in [5.74, 6) is 1.07. The fourth-order valence-corrected chi connectivity index (χ4v) is 1.66. The summed E-state index contributed by atoms with van der Waals surface area (Å²) in [6, 6.07) is 7.58. The summed E-state index contributed by atoms with van der Waals surface area (Å²) < 4.78 is 6.38. The van der Waals surface area contributed by atoms with Gasteiger partial charge in [0.15, 0.2) is 0 Å². The van der Waals surface area contributed by atoms with Crippen molar-refractivity contribution in [2.45, 2.75) is 6.42 Å². The molecule has 0 bridgehead atoms. The Morgan fingerprint density at radius 2 is 2.19 bits per heavy atom. The van der Waals surface area contributed by atoms with Gasteiger partial charge in [-0.2, -0.15) is 0 Å². The van der Waals surface area contributed by atoms with E-state index in [9.17, 15) is 4.79 Å². The topological polar surface area (TPSA) is 38.3 Å². The van der Waals surface area contributed by atoms with Crippen LogP contribution in [0, 0.1) is 0 Å². The van der Waals surface area contributed by atoms with Crippen LogP contribution in [0.4, 0.5) is 0 Å². The summed E-state index contributed by atoms with van der Waals surface area (Å²) in [5.41, 5.74) is 0. The second-order valence-electron chi connectivity index (χ2n) is 3.07. The van der Waals surface area contributed by atoms with E-state index < -0.39 is 0 Å². The molecular weight excluding hydrogens is 293 g/mol. The van der Waals surface area contributed by atoms with E-state index in [4.69, 9.17) is 16.3 Å². The summed E-state index contributed by atoms with van der Waals surface area (Å²) >= 11 is 8.80. The van der Waals surface area contributed by atoms with Crippen LogP contribution in [-0.2, 0) is 4.79 Å². The molecule has 1 rings (SSSR count). The van der Waals surface area contributed by atoms with Crippen molar-refractivity contribution in [3.8, 4) is 5.75 Å². The summed E-state index contributed by atoms with van der Waals surface area (Å²) in [5, 5.41) is 2.71. The van der Waals surface area contributed by atoms with Crippen LogP contribution >= 0.6 is 27.5 Å². The molecule has 0 aliphatic rings. The number of alkyl halides is 1. The summed E-state index contributed by atoms with van der Waals surface area (Å²) in [4.78, 5) is 11.1. The number of carbonyl (C=O) groups is 1. The minimum Gasteiger partial charge on any atom is -0.491 e. The second-order valence-corrected chi connectivity index (χ2v) is 4.30. The molecule has 1 N–H and O–H groups in total. The highest BCUT2D eigenvalue weighted by Gasteiger charge is 2.00. The molecule has 1 aromatic carbocycles. The minimum absolute atomic E-state index is 0.0503. The first kappa shape index (κ1) is 13.3. The zero-order valence-electron chi connectivity index (χ0n) is 8.71. The molecule has 1 aromatic rings. The first-order valence-corrected chi connectivity index (χ1v) is 6.27. The molecule has 16 heavy (non-hydrogen) atoms. The van der Waals surface area contributed by atoms with Crippen LogP contribution in [0.2, 0.25) is 0 Å². The van der Waals surface area contributed by atoms with Crippen LogP contribution in [0.25, 0.3) is 0 Å². The lowest BCUT2D eigenvalue weighted by Gasteiger charge is -2.08. The third-order valence-corrected chi connectivity index (χ3v) is 2.68. The molecule has 0 unspecified atom stereocenters. The Balaban J connectivity index is 2.21. The number of benzene rings is 1. The fraction of sp³-hybridized carbons (Fsp3) is 0.364. The van der Waals surface area contributed by atoms with Crippen molar-refractivity contribution in [1.82, 2.24) is 5.32 Å². The maximum atomic E-state index is 11.1. The van der Waals surface area contributed by atoms with Gasteiger partial charge < -0.3 is 10.1 Å². The number of para-hydroxylation sites is 1. The molecule has 5 heteroatoms. The lowest BCUT2D eigenvalue weighted by molar-refractivity contribution is -0.120. The SMILES string of the molecule is O=C(CCCl)NCCOc1ccccc1Br. The third kappa shape index (κ3) is 4.86. The van der Waals surface area contributed by atoms with E-state index in [1.54, 1.807) is 0 Å². The fourth-order valence-electron chi connectivity index (χ4n) is 1.09. The number of hydrogen-bond acceptors (Lipinski definition) is 2. The van der Waals surface area contributed by atoms with Crippen molar-refractivity contribution in [3.63, 3.8) is 0 Å². The normalized spacial score (nSPS) is 9.88. The maximum Gasteiger partial charge on any atom is 0.221 e. The molecule has 88 valence electrons. The van der Waals surface area contributed by atoms with Crippen LogP contribution in [0.3, 0.4) is 0 Å². The Bertz CT molecular complexity index is 347. The Labute approximate surface area is 108 Å². The van der Waals surface area contributed by atoms with Crippen LogP contribution in [0.1, 0.15) is 6.42 Å². The van der Waals surface area contributed by atoms with E-state index >= 15 is 0 Å². The number of rotatable bonds is 6. The minimum atomic E-state index is -0.0503. The average molecular weight is 307 g/mol. The monoisotopic (exact) mass is 305 g/mol. The second kappa shape index (κ2) is 7.52. The van der Waals surface area contributed by atoms with Gasteiger partial charge in [-0.1, -0.05) is 12.1 Å². The van der Waals surface area contributed by atoms with Gasteiger partial charge in [-0.3, -0.25) is 4.79 Å². The largest absolute Gasteiger partial charge is 0.491 e. The van der Waals surface area contributed by atoms with E-state index in [2.05, 4.69) is 21.2 Å². The number of amides is 1. The molecule has 0 saturated carbocycles. The lowest BCUT2D eigenvalue weighted by atomic mass is 10.3. The molecule has 0 spiro atoms. The van der Waals surface area contributed by atoms with Gasteiger partial charge in [0.05, 0.1) is 11.0 Å². The van der Waals surface area contributed by atoms with Crippen molar-refractivity contribution in [3.05, 3.63) is 28.7 Å². The standard InChI is InChI=1S/C11H13BrClNO2/c12-9-3-1-2-4-10(9)16-8-7-14-11(15)5-6-13/h1-4H,5-8H2,(H,14,15). The van der Waals surface area contributed by atoms with Gasteiger partial charge in [0.25, 0.3) is 0 Å². The highest BCUT2D eigenvalue weighted by atomic mass is 79.9. The summed E-state index contributed by atoms with van der Waals surface area (Å²) in [6.45, 7) is 0.924. The quantitative estimate of drug-likeness (QED) is 0.648. The van der Waals surface area contributed by atoms with Crippen LogP contribution in [-0.4, -0.2) is 24.9 Å². The molecule has 0 atom stereocenters. The Kier molecular flexibility index (Phi) is 6.26. The summed E-state index contributed by atoms with van der Waals surface area (Å²) in [7, 11) is 0. The van der Waals surface area contributed by atoms with Crippen LogP contribution < -0.4 is 10.1 Å². The van der Waals surface area contributed by atoms with Gasteiger partial charge in [0, 0.05) is 12.3 Å². The molecular formula is C11H13BrClNO2. The van der Waals surface area contributed by atoms with Crippen molar-refractivity contribution < 1.29 is 9.53 Å². The zero-order chi connectivity index (χ0) is 11.8. The highest BCUT2D eigenvalue weighted by molar-refractivity contribution is 9.10. The van der Waals surface area contributed by atoms with Crippen molar-refractivity contribution in [2.75, 3.05) is 19.0 Å². The Morgan fingerprint density at radius 3 is 2.88 bits per heavy atom. The van der Waals surface area contributed by atoms with Crippen LogP contribution in [0.15, 0.2) is 28.7 Å². The smallest absolute Gasteiger partial charge is 0.221 e. The van der Waals surface area contributed by atoms with Crippen molar-refractivity contribution in [2.24, 2.45) is 0 Å². The molecule has 0 aliphatic heterocycles. The molecule has 3 nitrogen and oxygen atoms in total. The lowest BCUT2D eigenvalue weighted by Crippen LogP contribution is -2.28. The zero-order valence-corrected chi connectivity index (χ0v) is 11.1. The molecule has 0 heterocycles. The van der Waals surface area contributed by atoms with Gasteiger partial charge in [-0.25, -0.2) is 0 Å². The molecule has 1 amide bonds. The first-order chi connectivity index (χ1) is 7.74. The van der Waals surface area contributed by atoms with Gasteiger partial charge in [-0.05, 0) is 28.1 Å². The molecule has 0 radical (unpaired) electrons. The van der Waals surface area contributed by atoms with Gasteiger partial charge in [0.1, 0.15) is 12.4 Å². The van der Waals surface area contributed by atoms with Gasteiger partial charge in [-0.15, -0.1) is 11.6 Å². The van der Waals surface area contributed by atoms with E-state index in [0.717, 1.165) is 10.2 Å². The highest BCUT2D eigenvalue weighted by Crippen LogP contribution is 2.23. The first-order valence-electron chi connectivity index (χ1n) is 4.94. The number of halogens is 2. The van der Waals surface area contributed by atoms with E-state index in [-0.39, 0.29) is 5.91 Å². The van der Waals surface area contributed by atoms with Crippen molar-refractivity contribution >= 4 is 33.4 Å². The maximum absolute atomic E-state index is 11.1. The number of carbonyl (C=O) groups excluding carboxylic acids is 1.